The molecule has 0 spiro atoms. The maximum Gasteiger partial charge on any atom is 0.394 e. The van der Waals surface area contributed by atoms with Crippen molar-refractivity contribution < 1.29 is 46.4 Å². The van der Waals surface area contributed by atoms with E-state index in [0.717, 1.165) is 30.6 Å². The highest BCUT2D eigenvalue weighted by Gasteiger charge is 2.53. The lowest BCUT2D eigenvalue weighted by molar-refractivity contribution is -0.696. The Morgan fingerprint density at radius 2 is 2.10 bits per heavy atom. The van der Waals surface area contributed by atoms with E-state index in [1.54, 1.807) is 5.38 Å². The molecule has 15 nitrogen and oxygen atoms in total. The van der Waals surface area contributed by atoms with E-state index in [1.807, 2.05) is 12.3 Å². The number of oxime groups is 1. The third-order valence-electron chi connectivity index (χ3n) is 6.19. The van der Waals surface area contributed by atoms with Crippen LogP contribution >= 0.6 is 23.1 Å². The second-order valence-electron chi connectivity index (χ2n) is 8.70. The van der Waals surface area contributed by atoms with E-state index in [9.17, 15) is 19.5 Å². The number of carboxylic acids is 1. The van der Waals surface area contributed by atoms with Gasteiger partial charge in [-0.15, -0.1) is 23.1 Å². The Balaban J connectivity index is 0.000000681. The van der Waals surface area contributed by atoms with Gasteiger partial charge in [0.2, 0.25) is 0 Å². The maximum absolute atomic E-state index is 13.0. The van der Waals surface area contributed by atoms with E-state index < -0.39 is 39.6 Å². The lowest BCUT2D eigenvalue weighted by Crippen LogP contribution is -2.71. The van der Waals surface area contributed by atoms with E-state index in [0.29, 0.717) is 17.9 Å². The number of nitrogen functional groups attached to an aromatic ring is 1. The average Bonchev–Trinajstić information content (AvgIpc) is 3.53. The zero-order chi connectivity index (χ0) is 29.2. The summed E-state index contributed by atoms with van der Waals surface area (Å²) in [6.07, 6.45) is 4.94. The van der Waals surface area contributed by atoms with E-state index in [4.69, 9.17) is 28.1 Å². The van der Waals surface area contributed by atoms with Crippen molar-refractivity contribution in [2.24, 2.45) is 5.16 Å². The number of anilines is 1. The summed E-state index contributed by atoms with van der Waals surface area (Å²) in [5, 5.41) is 19.7. The van der Waals surface area contributed by atoms with Gasteiger partial charge in [-0.05, 0) is 18.9 Å². The molecule has 1 saturated heterocycles. The number of fused-ring (bicyclic) bond motifs is 2. The predicted octanol–water partition coefficient (Wildman–Crippen LogP) is -1.70. The quantitative estimate of drug-likeness (QED) is 0.0902. The number of β-lactam (4-membered cyclic amide) rings is 1. The van der Waals surface area contributed by atoms with Gasteiger partial charge in [0.1, 0.15) is 24.2 Å². The maximum atomic E-state index is 13.0. The summed E-state index contributed by atoms with van der Waals surface area (Å²) in [5.41, 5.74) is 8.69. The number of amides is 2. The third-order valence-corrected chi connectivity index (χ3v) is 8.20. The molecule has 0 saturated carbocycles. The minimum absolute atomic E-state index is 0.120. The summed E-state index contributed by atoms with van der Waals surface area (Å²) >= 11 is 2.53. The molecule has 2 atom stereocenters. The molecule has 5 rings (SSSR count). The fraction of sp³-hybridized carbons (Fsp3) is 0.364. The predicted molar refractivity (Wildman–Crippen MR) is 140 cm³/mol. The van der Waals surface area contributed by atoms with E-state index in [2.05, 4.69) is 26.1 Å². The molecule has 2 aromatic heterocycles. The zero-order valence-corrected chi connectivity index (χ0v) is 23.3. The molecule has 0 radical (unpaired) electrons. The molecule has 1 fully saturated rings. The summed E-state index contributed by atoms with van der Waals surface area (Å²) in [4.78, 5) is 48.0. The molecule has 40 heavy (non-hydrogen) atoms. The van der Waals surface area contributed by atoms with Gasteiger partial charge in [0.25, 0.3) is 11.8 Å². The lowest BCUT2D eigenvalue weighted by Gasteiger charge is -2.50. The molecular formula is C22H24N6O9S3. The summed E-state index contributed by atoms with van der Waals surface area (Å²) in [7, 11) is -3.38. The van der Waals surface area contributed by atoms with Crippen molar-refractivity contribution in [3.63, 3.8) is 0 Å². The van der Waals surface area contributed by atoms with Crippen LogP contribution in [-0.4, -0.2) is 75.2 Å². The molecule has 2 amide bonds. The molecule has 0 bridgehead atoms. The van der Waals surface area contributed by atoms with Crippen LogP contribution in [0, 0.1) is 0 Å². The van der Waals surface area contributed by atoms with E-state index in [1.165, 1.54) is 35.0 Å². The summed E-state index contributed by atoms with van der Waals surface area (Å²) in [6.45, 7) is 0.364. The molecule has 1 aliphatic carbocycles. The normalized spacial score (nSPS) is 20.1. The number of carbonyl (C=O) groups is 3. The van der Waals surface area contributed by atoms with Crippen molar-refractivity contribution in [1.29, 1.82) is 0 Å². The number of thiazole rings is 1. The molecule has 2 aliphatic heterocycles. The van der Waals surface area contributed by atoms with Gasteiger partial charge >= 0.3 is 10.4 Å². The lowest BCUT2D eigenvalue weighted by atomic mass is 10.0. The summed E-state index contributed by atoms with van der Waals surface area (Å²) in [6, 6.07) is 3.12. The standard InChI is InChI=1S/C22H22N6O5S2.H2O4S/c1-33-26-15(13-10-35-22(23)24-13)18(29)25-16-19(30)28-17(21(31)32)12(9-34-20(16)28)8-27-7-3-5-11-4-2-6-14(11)27;1-5(2,3)4/h3,5,7,10,16,20H,2,4,6,8-9H2,1H3,(H3-,23,24,25,29,31,32);(H2,1,2,3,4)/b26-15+;. The fourth-order valence-electron chi connectivity index (χ4n) is 4.66. The number of aryl methyl sites for hydroxylation is 1. The number of nitrogens with two attached hydrogens (primary N) is 1. The number of carbonyl (C=O) groups excluding carboxylic acids is 3. The number of nitrogens with zero attached hydrogens (tertiary/aromatic N) is 4. The molecule has 4 heterocycles. The Bertz CT molecular complexity index is 1510. The largest absolute Gasteiger partial charge is 0.543 e. The number of thioether (sulfide) groups is 1. The van der Waals surface area contributed by atoms with Gasteiger partial charge in [-0.2, -0.15) is 13.0 Å². The number of aromatic nitrogens is 2. The Kier molecular flexibility index (Phi) is 8.74. The van der Waals surface area contributed by atoms with Crippen LogP contribution in [0.1, 0.15) is 23.4 Å². The molecule has 214 valence electrons. The first-order valence-electron chi connectivity index (χ1n) is 11.6. The second-order valence-corrected chi connectivity index (χ2v) is 11.6. The number of aliphatic carboxylic acids is 1. The van der Waals surface area contributed by atoms with Crippen molar-refractivity contribution in [3.05, 3.63) is 51.9 Å². The summed E-state index contributed by atoms with van der Waals surface area (Å²) in [5.74, 6) is -2.21. The number of nitrogens with one attached hydrogen (secondary N) is 1. The number of pyridine rings is 1. The molecular weight excluding hydrogens is 588 g/mol. The van der Waals surface area contributed by atoms with Crippen LogP contribution in [0.25, 0.3) is 0 Å². The minimum Gasteiger partial charge on any atom is -0.543 e. The van der Waals surface area contributed by atoms with Crippen LogP contribution in [0.5, 0.6) is 0 Å². The molecule has 2 aromatic rings. The first-order chi connectivity index (χ1) is 18.9. The zero-order valence-electron chi connectivity index (χ0n) is 20.8. The van der Waals surface area contributed by atoms with Gasteiger partial charge in [-0.1, -0.05) is 5.16 Å². The van der Waals surface area contributed by atoms with Crippen molar-refractivity contribution in [2.75, 3.05) is 18.6 Å². The van der Waals surface area contributed by atoms with Crippen LogP contribution in [0.2, 0.25) is 0 Å². The number of hydrogen-bond donors (Lipinski definition) is 4. The van der Waals surface area contributed by atoms with Gasteiger partial charge in [0, 0.05) is 34.8 Å². The number of carboxylic acid groups (broad SMARTS) is 1. The van der Waals surface area contributed by atoms with Crippen molar-refractivity contribution in [1.82, 2.24) is 15.2 Å². The van der Waals surface area contributed by atoms with Gasteiger partial charge < -0.3 is 25.8 Å². The van der Waals surface area contributed by atoms with Crippen LogP contribution < -0.4 is 20.7 Å². The van der Waals surface area contributed by atoms with Crippen molar-refractivity contribution in [2.45, 2.75) is 37.2 Å². The first kappa shape index (κ1) is 29.4. The van der Waals surface area contributed by atoms with Gasteiger partial charge in [-0.3, -0.25) is 23.6 Å². The minimum atomic E-state index is -4.67. The first-order valence-corrected chi connectivity index (χ1v) is 14.9. The highest BCUT2D eigenvalue weighted by Crippen LogP contribution is 2.40. The number of hydrogen-bond acceptors (Lipinski definition) is 12. The van der Waals surface area contributed by atoms with Crippen LogP contribution in [0.15, 0.2) is 40.1 Å². The summed E-state index contributed by atoms with van der Waals surface area (Å²) < 4.78 is 33.6. The van der Waals surface area contributed by atoms with Gasteiger partial charge in [0.15, 0.2) is 29.3 Å². The molecule has 3 aliphatic rings. The molecule has 5 N–H and O–H groups in total. The van der Waals surface area contributed by atoms with Crippen LogP contribution in [-0.2, 0) is 49.0 Å². The van der Waals surface area contributed by atoms with Crippen molar-refractivity contribution in [3.8, 4) is 0 Å². The Labute approximate surface area is 236 Å². The Morgan fingerprint density at radius 3 is 2.73 bits per heavy atom. The average molecular weight is 613 g/mol. The topological polar surface area (TPSA) is 229 Å². The molecule has 2 unspecified atom stereocenters. The molecule has 18 heteroatoms. The monoisotopic (exact) mass is 612 g/mol. The number of rotatable bonds is 7. The van der Waals surface area contributed by atoms with E-state index in [-0.39, 0.29) is 22.2 Å². The molecule has 0 aromatic carbocycles. The Hall–Kier alpha value is -3.58. The SMILES string of the molecule is CO/N=C(/C(=O)NC1C(=O)N2C(C(=O)[O-])=C(C[n+]3cccc4c3CCC4)CSC12)c1csc(N)n1.O=S(=O)(O)O. The van der Waals surface area contributed by atoms with Crippen LogP contribution in [0.4, 0.5) is 5.13 Å². The second kappa shape index (κ2) is 11.9. The smallest absolute Gasteiger partial charge is 0.394 e. The van der Waals surface area contributed by atoms with Crippen molar-refractivity contribution >= 4 is 62.1 Å². The Morgan fingerprint density at radius 1 is 1.38 bits per heavy atom. The van der Waals surface area contributed by atoms with Gasteiger partial charge in [0.05, 0.1) is 11.7 Å². The highest BCUT2D eigenvalue weighted by molar-refractivity contribution is 8.00. The third kappa shape index (κ3) is 6.41. The highest BCUT2D eigenvalue weighted by atomic mass is 32.3. The fourth-order valence-corrected chi connectivity index (χ4v) is 6.54. The van der Waals surface area contributed by atoms with E-state index >= 15 is 0 Å². The van der Waals surface area contributed by atoms with Crippen LogP contribution in [0.3, 0.4) is 0 Å². The van der Waals surface area contributed by atoms with Gasteiger partial charge in [-0.25, -0.2) is 4.98 Å².